The van der Waals surface area contributed by atoms with Gasteiger partial charge in [0.05, 0.1) is 0 Å². The molecule has 0 atom stereocenters. The minimum absolute atomic E-state index is 0.0278. The lowest BCUT2D eigenvalue weighted by atomic mass is 10.0. The fraction of sp³-hybridized carbons (Fsp3) is 1.00. The summed E-state index contributed by atoms with van der Waals surface area (Å²) in [4.78, 5) is 2.33. The van der Waals surface area contributed by atoms with Crippen LogP contribution in [-0.4, -0.2) is 29.9 Å². The molecule has 0 radical (unpaired) electrons. The largest absolute Gasteiger partial charge is 0.306 e. The highest BCUT2D eigenvalue weighted by molar-refractivity contribution is 6.23. The summed E-state index contributed by atoms with van der Waals surface area (Å²) in [5.41, 5.74) is 0.500. The molecule has 0 amide bonds. The van der Waals surface area contributed by atoms with E-state index < -0.39 is 0 Å². The van der Waals surface area contributed by atoms with Crippen molar-refractivity contribution in [2.75, 3.05) is 20.1 Å². The molecule has 0 N–H and O–H groups in total. The molecular weight excluding hydrogens is 242 g/mol. The predicted molar refractivity (Wildman–Crippen MR) is 88.8 cm³/mol. The smallest absolute Gasteiger partial charge is 0.0362 e. The van der Waals surface area contributed by atoms with Crippen LogP contribution in [-0.2, 0) is 0 Å². The molecule has 0 bridgehead atoms. The fourth-order valence-corrected chi connectivity index (χ4v) is 0.875. The van der Waals surface area contributed by atoms with Gasteiger partial charge in [-0.15, -0.1) is 11.6 Å². The van der Waals surface area contributed by atoms with Crippen LogP contribution in [0.15, 0.2) is 0 Å². The average Bonchev–Trinajstić information content (AvgIpc) is 1.97. The zero-order valence-electron chi connectivity index (χ0n) is 14.7. The van der Waals surface area contributed by atoms with Gasteiger partial charge < -0.3 is 4.90 Å². The van der Waals surface area contributed by atoms with Gasteiger partial charge in [0.2, 0.25) is 0 Å². The van der Waals surface area contributed by atoms with E-state index in [2.05, 4.69) is 53.5 Å². The molecule has 18 heavy (non-hydrogen) atoms. The lowest BCUT2D eigenvalue weighted by Crippen LogP contribution is -2.19. The van der Waals surface area contributed by atoms with Gasteiger partial charge >= 0.3 is 0 Å². The topological polar surface area (TPSA) is 3.24 Å². The number of rotatable bonds is 4. The van der Waals surface area contributed by atoms with Gasteiger partial charge in [-0.05, 0) is 59.2 Å². The quantitative estimate of drug-likeness (QED) is 0.587. The third-order valence-electron chi connectivity index (χ3n) is 1.21. The minimum atomic E-state index is -0.0278. The molecule has 0 aromatic rings. The van der Waals surface area contributed by atoms with Gasteiger partial charge in [0.1, 0.15) is 0 Å². The molecule has 0 aromatic carbocycles. The molecule has 0 rings (SSSR count). The summed E-state index contributed by atoms with van der Waals surface area (Å²) >= 11 is 5.53. The maximum Gasteiger partial charge on any atom is 0.0362 e. The second-order valence-electron chi connectivity index (χ2n) is 7.37. The van der Waals surface area contributed by atoms with Crippen LogP contribution in [0.5, 0.6) is 0 Å². The number of halogens is 1. The Hall–Kier alpha value is 0.250. The maximum atomic E-state index is 5.53. The molecule has 0 spiro atoms. The standard InChI is InChI=1S/C7H17N.C5H12.C4H9Cl/c1-4-6-8(3)7-5-2;1-5(2,3)4;1-4(2,3)5/h4-7H2,1-3H3;1-4H3;1-3H3. The van der Waals surface area contributed by atoms with Gasteiger partial charge in [-0.2, -0.15) is 0 Å². The second kappa shape index (κ2) is 12.3. The summed E-state index contributed by atoms with van der Waals surface area (Å²) in [7, 11) is 2.17. The molecule has 0 unspecified atom stereocenters. The van der Waals surface area contributed by atoms with Crippen LogP contribution < -0.4 is 0 Å². The number of hydrogen-bond acceptors (Lipinski definition) is 1. The van der Waals surface area contributed by atoms with Gasteiger partial charge in [-0.1, -0.05) is 41.5 Å². The summed E-state index contributed by atoms with van der Waals surface area (Å²) in [6.07, 6.45) is 2.55. The summed E-state index contributed by atoms with van der Waals surface area (Å²) in [5.74, 6) is 0. The highest BCUT2D eigenvalue weighted by Gasteiger charge is 1.99. The van der Waals surface area contributed by atoms with E-state index in [0.717, 1.165) is 0 Å². The van der Waals surface area contributed by atoms with Crippen LogP contribution >= 0.6 is 11.6 Å². The SMILES string of the molecule is CC(C)(C)C.CC(C)(C)Cl.CCCN(C)CCC. The van der Waals surface area contributed by atoms with Crippen molar-refractivity contribution in [1.29, 1.82) is 0 Å². The second-order valence-corrected chi connectivity index (χ2v) is 8.50. The maximum absolute atomic E-state index is 5.53. The van der Waals surface area contributed by atoms with E-state index in [1.54, 1.807) is 0 Å². The van der Waals surface area contributed by atoms with Crippen molar-refractivity contribution in [3.8, 4) is 0 Å². The number of hydrogen-bond donors (Lipinski definition) is 0. The fourth-order valence-electron chi connectivity index (χ4n) is 0.875. The molecule has 0 aromatic heterocycles. The molecule has 114 valence electrons. The van der Waals surface area contributed by atoms with E-state index in [4.69, 9.17) is 11.6 Å². The third kappa shape index (κ3) is 96.7. The molecule has 0 aliphatic carbocycles. The molecule has 0 fully saturated rings. The highest BCUT2D eigenvalue weighted by Crippen LogP contribution is 2.08. The Kier molecular flexibility index (Phi) is 15.9. The normalized spacial score (nSPS) is 11.3. The Labute approximate surface area is 122 Å². The number of nitrogens with zero attached hydrogens (tertiary/aromatic N) is 1. The Bertz CT molecular complexity index is 123. The molecule has 0 saturated carbocycles. The van der Waals surface area contributed by atoms with Crippen molar-refractivity contribution in [2.45, 2.75) is 80.0 Å². The summed E-state index contributed by atoms with van der Waals surface area (Å²) in [6, 6.07) is 0. The first-order valence-electron chi connectivity index (χ1n) is 7.18. The molecule has 2 heteroatoms. The lowest BCUT2D eigenvalue weighted by Gasteiger charge is -2.12. The summed E-state index contributed by atoms with van der Waals surface area (Å²) in [6.45, 7) is 21.5. The van der Waals surface area contributed by atoms with E-state index in [1.807, 2.05) is 20.8 Å². The van der Waals surface area contributed by atoms with Crippen LogP contribution in [0, 0.1) is 5.41 Å². The first kappa shape index (κ1) is 23.4. The van der Waals surface area contributed by atoms with Gasteiger partial charge in [-0.25, -0.2) is 0 Å². The van der Waals surface area contributed by atoms with Crippen LogP contribution in [0.25, 0.3) is 0 Å². The van der Waals surface area contributed by atoms with Gasteiger partial charge in [-0.3, -0.25) is 0 Å². The van der Waals surface area contributed by atoms with Gasteiger partial charge in [0.25, 0.3) is 0 Å². The Morgan fingerprint density at radius 2 is 0.944 bits per heavy atom. The zero-order valence-corrected chi connectivity index (χ0v) is 15.4. The predicted octanol–water partition coefficient (Wildman–Crippen LogP) is 5.81. The van der Waals surface area contributed by atoms with E-state index in [9.17, 15) is 0 Å². The zero-order chi connectivity index (χ0) is 15.4. The molecule has 0 saturated heterocycles. The number of alkyl halides is 1. The van der Waals surface area contributed by atoms with E-state index >= 15 is 0 Å². The Morgan fingerprint density at radius 3 is 1.06 bits per heavy atom. The highest BCUT2D eigenvalue weighted by atomic mass is 35.5. The molecule has 0 heterocycles. The molecular formula is C16H38ClN. The van der Waals surface area contributed by atoms with Gasteiger partial charge in [0.15, 0.2) is 0 Å². The molecule has 1 nitrogen and oxygen atoms in total. The van der Waals surface area contributed by atoms with Crippen molar-refractivity contribution >= 4 is 11.6 Å². The van der Waals surface area contributed by atoms with Crippen LogP contribution in [0.4, 0.5) is 0 Å². The van der Waals surface area contributed by atoms with Crippen LogP contribution in [0.2, 0.25) is 0 Å². The Balaban J connectivity index is -0.000000197. The van der Waals surface area contributed by atoms with E-state index in [-0.39, 0.29) is 4.87 Å². The van der Waals surface area contributed by atoms with Crippen LogP contribution in [0.1, 0.15) is 75.2 Å². The molecule has 0 aliphatic rings. The first-order valence-corrected chi connectivity index (χ1v) is 7.56. The first-order chi connectivity index (χ1) is 7.81. The van der Waals surface area contributed by atoms with Crippen molar-refractivity contribution in [2.24, 2.45) is 5.41 Å². The van der Waals surface area contributed by atoms with Crippen LogP contribution in [0.3, 0.4) is 0 Å². The third-order valence-corrected chi connectivity index (χ3v) is 1.21. The minimum Gasteiger partial charge on any atom is -0.306 e. The molecule has 0 aliphatic heterocycles. The Morgan fingerprint density at radius 1 is 0.778 bits per heavy atom. The summed E-state index contributed by atoms with van der Waals surface area (Å²) in [5, 5.41) is 0. The lowest BCUT2D eigenvalue weighted by molar-refractivity contribution is 0.335. The van der Waals surface area contributed by atoms with Gasteiger partial charge in [0, 0.05) is 4.87 Å². The summed E-state index contributed by atoms with van der Waals surface area (Å²) < 4.78 is 0. The van der Waals surface area contributed by atoms with Crippen molar-refractivity contribution < 1.29 is 0 Å². The van der Waals surface area contributed by atoms with Crippen molar-refractivity contribution in [3.05, 3.63) is 0 Å². The van der Waals surface area contributed by atoms with E-state index in [1.165, 1.54) is 25.9 Å². The van der Waals surface area contributed by atoms with Crippen molar-refractivity contribution in [3.63, 3.8) is 0 Å². The van der Waals surface area contributed by atoms with E-state index in [0.29, 0.717) is 5.41 Å². The monoisotopic (exact) mass is 279 g/mol. The van der Waals surface area contributed by atoms with Crippen molar-refractivity contribution in [1.82, 2.24) is 4.90 Å². The average molecular weight is 280 g/mol.